The lowest BCUT2D eigenvalue weighted by Gasteiger charge is -2.13. The molecule has 90 valence electrons. The SMILES string of the molecule is Cc1nnc(NC(C)c2ccc(Cl)c(Cl)c2)s1. The van der Waals surface area contributed by atoms with E-state index < -0.39 is 0 Å². The lowest BCUT2D eigenvalue weighted by atomic mass is 10.1. The number of rotatable bonds is 3. The van der Waals surface area contributed by atoms with Crippen molar-refractivity contribution >= 4 is 39.7 Å². The highest BCUT2D eigenvalue weighted by atomic mass is 35.5. The first kappa shape index (κ1) is 12.6. The van der Waals surface area contributed by atoms with Gasteiger partial charge in [0, 0.05) is 0 Å². The van der Waals surface area contributed by atoms with Crippen molar-refractivity contribution in [3.05, 3.63) is 38.8 Å². The quantitative estimate of drug-likeness (QED) is 0.913. The molecule has 0 fully saturated rings. The molecule has 0 aliphatic rings. The van der Waals surface area contributed by atoms with Crippen LogP contribution in [0.3, 0.4) is 0 Å². The van der Waals surface area contributed by atoms with E-state index >= 15 is 0 Å². The van der Waals surface area contributed by atoms with E-state index in [1.807, 2.05) is 26.0 Å². The van der Waals surface area contributed by atoms with Crippen molar-refractivity contribution in [1.82, 2.24) is 10.2 Å². The summed E-state index contributed by atoms with van der Waals surface area (Å²) < 4.78 is 0. The van der Waals surface area contributed by atoms with E-state index in [4.69, 9.17) is 23.2 Å². The van der Waals surface area contributed by atoms with Crippen LogP contribution < -0.4 is 5.32 Å². The summed E-state index contributed by atoms with van der Waals surface area (Å²) in [5.74, 6) is 0. The van der Waals surface area contributed by atoms with E-state index in [1.165, 1.54) is 11.3 Å². The Balaban J connectivity index is 2.14. The van der Waals surface area contributed by atoms with E-state index in [1.54, 1.807) is 6.07 Å². The molecule has 0 saturated carbocycles. The highest BCUT2D eigenvalue weighted by Gasteiger charge is 2.09. The molecule has 1 N–H and O–H groups in total. The Morgan fingerprint density at radius 3 is 2.59 bits per heavy atom. The molecule has 0 spiro atoms. The Morgan fingerprint density at radius 1 is 1.24 bits per heavy atom. The molecular weight excluding hydrogens is 277 g/mol. The third kappa shape index (κ3) is 3.09. The first-order chi connectivity index (χ1) is 8.06. The summed E-state index contributed by atoms with van der Waals surface area (Å²) >= 11 is 13.4. The summed E-state index contributed by atoms with van der Waals surface area (Å²) in [6.07, 6.45) is 0. The van der Waals surface area contributed by atoms with Crippen LogP contribution in [0.15, 0.2) is 18.2 Å². The van der Waals surface area contributed by atoms with Gasteiger partial charge in [0.2, 0.25) is 5.13 Å². The van der Waals surface area contributed by atoms with Crippen LogP contribution in [0.1, 0.15) is 23.5 Å². The van der Waals surface area contributed by atoms with Crippen molar-refractivity contribution in [2.45, 2.75) is 19.9 Å². The molecule has 0 saturated heterocycles. The van der Waals surface area contributed by atoms with Crippen LogP contribution in [0.5, 0.6) is 0 Å². The Bertz CT molecular complexity index is 527. The Labute approximate surface area is 114 Å². The maximum Gasteiger partial charge on any atom is 0.206 e. The van der Waals surface area contributed by atoms with Crippen molar-refractivity contribution in [3.8, 4) is 0 Å². The minimum absolute atomic E-state index is 0.108. The average Bonchev–Trinajstić information content (AvgIpc) is 2.68. The molecule has 1 aromatic carbocycles. The summed E-state index contributed by atoms with van der Waals surface area (Å²) in [5.41, 5.74) is 1.06. The average molecular weight is 288 g/mol. The lowest BCUT2D eigenvalue weighted by molar-refractivity contribution is 0.872. The largest absolute Gasteiger partial charge is 0.354 e. The van der Waals surface area contributed by atoms with Gasteiger partial charge in [0.05, 0.1) is 16.1 Å². The summed E-state index contributed by atoms with van der Waals surface area (Å²) in [6.45, 7) is 3.96. The van der Waals surface area contributed by atoms with Gasteiger partial charge >= 0.3 is 0 Å². The molecule has 1 unspecified atom stereocenters. The first-order valence-electron chi connectivity index (χ1n) is 5.08. The van der Waals surface area contributed by atoms with Gasteiger partial charge in [-0.1, -0.05) is 40.6 Å². The second kappa shape index (κ2) is 5.21. The van der Waals surface area contributed by atoms with Crippen molar-refractivity contribution in [3.63, 3.8) is 0 Å². The Hall–Kier alpha value is -0.840. The number of hydrogen-bond acceptors (Lipinski definition) is 4. The minimum atomic E-state index is 0.108. The molecule has 0 aliphatic carbocycles. The summed E-state index contributed by atoms with van der Waals surface area (Å²) in [7, 11) is 0. The maximum absolute atomic E-state index is 5.98. The monoisotopic (exact) mass is 287 g/mol. The topological polar surface area (TPSA) is 37.8 Å². The number of aryl methyl sites for hydroxylation is 1. The minimum Gasteiger partial charge on any atom is -0.354 e. The fourth-order valence-corrected chi connectivity index (χ4v) is 2.39. The van der Waals surface area contributed by atoms with Crippen LogP contribution in [0, 0.1) is 6.92 Å². The van der Waals surface area contributed by atoms with Gasteiger partial charge in [0.25, 0.3) is 0 Å². The molecule has 2 rings (SSSR count). The molecule has 0 aliphatic heterocycles. The van der Waals surface area contributed by atoms with E-state index in [-0.39, 0.29) is 6.04 Å². The van der Waals surface area contributed by atoms with Crippen molar-refractivity contribution in [1.29, 1.82) is 0 Å². The molecule has 1 heterocycles. The van der Waals surface area contributed by atoms with Crippen molar-refractivity contribution in [2.75, 3.05) is 5.32 Å². The molecule has 0 bridgehead atoms. The Kier molecular flexibility index (Phi) is 3.86. The standard InChI is InChI=1S/C11H11Cl2N3S/c1-6(14-11-16-15-7(2)17-11)8-3-4-9(12)10(13)5-8/h3-6H,1-2H3,(H,14,16). The zero-order valence-electron chi connectivity index (χ0n) is 9.37. The molecular formula is C11H11Cl2N3S. The number of hydrogen-bond donors (Lipinski definition) is 1. The molecule has 1 aromatic heterocycles. The molecule has 6 heteroatoms. The van der Waals surface area contributed by atoms with Crippen LogP contribution in [0.2, 0.25) is 10.0 Å². The second-order valence-electron chi connectivity index (χ2n) is 3.67. The highest BCUT2D eigenvalue weighted by molar-refractivity contribution is 7.15. The maximum atomic E-state index is 5.98. The van der Waals surface area contributed by atoms with Crippen LogP contribution >= 0.6 is 34.5 Å². The third-order valence-corrected chi connectivity index (χ3v) is 3.82. The number of anilines is 1. The fraction of sp³-hybridized carbons (Fsp3) is 0.273. The van der Waals surface area contributed by atoms with Gasteiger partial charge < -0.3 is 5.32 Å². The van der Waals surface area contributed by atoms with Gasteiger partial charge in [0.1, 0.15) is 5.01 Å². The van der Waals surface area contributed by atoms with Gasteiger partial charge in [-0.2, -0.15) is 0 Å². The van der Waals surface area contributed by atoms with Gasteiger partial charge in [-0.3, -0.25) is 0 Å². The molecule has 0 radical (unpaired) electrons. The number of benzene rings is 1. The van der Waals surface area contributed by atoms with Crippen LogP contribution in [0.4, 0.5) is 5.13 Å². The van der Waals surface area contributed by atoms with E-state index in [0.29, 0.717) is 10.0 Å². The summed E-state index contributed by atoms with van der Waals surface area (Å²) in [5, 5.41) is 14.1. The van der Waals surface area contributed by atoms with E-state index in [2.05, 4.69) is 15.5 Å². The Morgan fingerprint density at radius 2 is 2.00 bits per heavy atom. The normalized spacial score (nSPS) is 12.5. The molecule has 3 nitrogen and oxygen atoms in total. The fourth-order valence-electron chi connectivity index (χ4n) is 1.41. The van der Waals surface area contributed by atoms with Gasteiger partial charge in [-0.15, -0.1) is 10.2 Å². The van der Waals surface area contributed by atoms with Crippen LogP contribution in [-0.2, 0) is 0 Å². The number of aromatic nitrogens is 2. The van der Waals surface area contributed by atoms with Crippen molar-refractivity contribution in [2.24, 2.45) is 0 Å². The van der Waals surface area contributed by atoms with E-state index in [9.17, 15) is 0 Å². The van der Waals surface area contributed by atoms with E-state index in [0.717, 1.165) is 15.7 Å². The molecule has 1 atom stereocenters. The number of halogens is 2. The molecule has 2 aromatic rings. The molecule has 0 amide bonds. The lowest BCUT2D eigenvalue weighted by Crippen LogP contribution is -2.06. The van der Waals surface area contributed by atoms with Crippen LogP contribution in [-0.4, -0.2) is 10.2 Å². The highest BCUT2D eigenvalue weighted by Crippen LogP contribution is 2.27. The van der Waals surface area contributed by atoms with Crippen LogP contribution in [0.25, 0.3) is 0 Å². The van der Waals surface area contributed by atoms with Gasteiger partial charge in [-0.25, -0.2) is 0 Å². The summed E-state index contributed by atoms with van der Waals surface area (Å²) in [6, 6.07) is 5.70. The predicted molar refractivity (Wildman–Crippen MR) is 73.1 cm³/mol. The third-order valence-electron chi connectivity index (χ3n) is 2.31. The smallest absolute Gasteiger partial charge is 0.206 e. The van der Waals surface area contributed by atoms with Gasteiger partial charge in [-0.05, 0) is 31.5 Å². The second-order valence-corrected chi connectivity index (χ2v) is 5.66. The molecule has 17 heavy (non-hydrogen) atoms. The zero-order valence-corrected chi connectivity index (χ0v) is 11.7. The first-order valence-corrected chi connectivity index (χ1v) is 6.65. The number of nitrogens with zero attached hydrogens (tertiary/aromatic N) is 2. The van der Waals surface area contributed by atoms with Crippen molar-refractivity contribution < 1.29 is 0 Å². The number of nitrogens with one attached hydrogen (secondary N) is 1. The van der Waals surface area contributed by atoms with Gasteiger partial charge in [0.15, 0.2) is 0 Å². The zero-order chi connectivity index (χ0) is 12.4. The predicted octanol–water partition coefficient (Wildman–Crippen LogP) is 4.33. The summed E-state index contributed by atoms with van der Waals surface area (Å²) in [4.78, 5) is 0.